The molecule has 4 rings (SSSR count). The second-order valence-electron chi connectivity index (χ2n) is 7.59. The smallest absolute Gasteiger partial charge is 0.255 e. The van der Waals surface area contributed by atoms with E-state index in [1.165, 1.54) is 16.9 Å². The summed E-state index contributed by atoms with van der Waals surface area (Å²) in [5.41, 5.74) is 5.13. The molecule has 5 nitrogen and oxygen atoms in total. The van der Waals surface area contributed by atoms with Gasteiger partial charge < -0.3 is 19.7 Å². The summed E-state index contributed by atoms with van der Waals surface area (Å²) in [6, 6.07) is 16.2. The van der Waals surface area contributed by atoms with E-state index < -0.39 is 0 Å². The predicted molar refractivity (Wildman–Crippen MR) is 116 cm³/mol. The Morgan fingerprint density at radius 2 is 1.71 bits per heavy atom. The number of piperazine rings is 1. The van der Waals surface area contributed by atoms with Gasteiger partial charge in [0.15, 0.2) is 0 Å². The molecule has 1 saturated heterocycles. The molecule has 1 aliphatic heterocycles. The molecule has 0 spiro atoms. The zero-order valence-corrected chi connectivity index (χ0v) is 16.9. The molecule has 0 saturated carbocycles. The van der Waals surface area contributed by atoms with Crippen LogP contribution in [0.5, 0.6) is 0 Å². The SMILES string of the molecule is CCn1c(C)cc2cc(NC(=O)c3ccc(N4CCN(C)CC4)cc3)ccc21. The Bertz CT molecular complexity index is 982. The third-order valence-corrected chi connectivity index (χ3v) is 5.68. The maximum Gasteiger partial charge on any atom is 0.255 e. The molecular weight excluding hydrogens is 348 g/mol. The minimum absolute atomic E-state index is 0.0732. The van der Waals surface area contributed by atoms with Crippen LogP contribution in [0.25, 0.3) is 10.9 Å². The van der Waals surface area contributed by atoms with Gasteiger partial charge in [-0.2, -0.15) is 0 Å². The van der Waals surface area contributed by atoms with Crippen LogP contribution in [0.1, 0.15) is 23.0 Å². The fourth-order valence-electron chi connectivity index (χ4n) is 4.00. The Labute approximate surface area is 166 Å². The molecule has 2 heterocycles. The Kier molecular flexibility index (Phi) is 5.09. The fourth-order valence-corrected chi connectivity index (χ4v) is 4.00. The second-order valence-corrected chi connectivity index (χ2v) is 7.59. The summed E-state index contributed by atoms with van der Waals surface area (Å²) in [5, 5.41) is 4.19. The highest BCUT2D eigenvalue weighted by Crippen LogP contribution is 2.24. The normalized spacial score (nSPS) is 15.2. The molecule has 0 atom stereocenters. The van der Waals surface area contributed by atoms with Crippen LogP contribution in [0.2, 0.25) is 0 Å². The summed E-state index contributed by atoms with van der Waals surface area (Å²) in [4.78, 5) is 17.4. The Hall–Kier alpha value is -2.79. The minimum atomic E-state index is -0.0732. The van der Waals surface area contributed by atoms with Crippen molar-refractivity contribution in [1.82, 2.24) is 9.47 Å². The van der Waals surface area contributed by atoms with E-state index in [4.69, 9.17) is 0 Å². The molecule has 0 radical (unpaired) electrons. The van der Waals surface area contributed by atoms with E-state index in [-0.39, 0.29) is 5.91 Å². The highest BCUT2D eigenvalue weighted by molar-refractivity contribution is 6.05. The topological polar surface area (TPSA) is 40.5 Å². The summed E-state index contributed by atoms with van der Waals surface area (Å²) < 4.78 is 2.28. The van der Waals surface area contributed by atoms with E-state index in [2.05, 4.69) is 52.7 Å². The summed E-state index contributed by atoms with van der Waals surface area (Å²) >= 11 is 0. The summed E-state index contributed by atoms with van der Waals surface area (Å²) in [5.74, 6) is -0.0732. The average Bonchev–Trinajstić information content (AvgIpc) is 3.02. The van der Waals surface area contributed by atoms with Crippen LogP contribution in [-0.4, -0.2) is 48.6 Å². The number of nitrogens with zero attached hydrogens (tertiary/aromatic N) is 3. The van der Waals surface area contributed by atoms with Gasteiger partial charge in [0, 0.05) is 66.3 Å². The highest BCUT2D eigenvalue weighted by Gasteiger charge is 2.15. The van der Waals surface area contributed by atoms with E-state index >= 15 is 0 Å². The number of benzene rings is 2. The van der Waals surface area contributed by atoms with E-state index in [0.29, 0.717) is 5.56 Å². The molecular formula is C23H28N4O. The van der Waals surface area contributed by atoms with Gasteiger partial charge in [-0.1, -0.05) is 0 Å². The maximum absolute atomic E-state index is 12.7. The highest BCUT2D eigenvalue weighted by atomic mass is 16.1. The number of aryl methyl sites for hydroxylation is 2. The molecule has 3 aromatic rings. The average molecular weight is 377 g/mol. The number of likely N-dealkylation sites (N-methyl/N-ethyl adjacent to an activating group) is 1. The summed E-state index contributed by atoms with van der Waals surface area (Å²) in [7, 11) is 2.15. The number of carbonyl (C=O) groups is 1. The molecule has 0 bridgehead atoms. The van der Waals surface area contributed by atoms with Crippen LogP contribution in [-0.2, 0) is 6.54 Å². The van der Waals surface area contributed by atoms with Crippen LogP contribution >= 0.6 is 0 Å². The summed E-state index contributed by atoms with van der Waals surface area (Å²) in [6.45, 7) is 9.41. The quantitative estimate of drug-likeness (QED) is 0.749. The first kappa shape index (κ1) is 18.6. The zero-order valence-electron chi connectivity index (χ0n) is 16.9. The molecule has 1 aromatic heterocycles. The molecule has 0 aliphatic carbocycles. The number of carbonyl (C=O) groups excluding carboxylic acids is 1. The second kappa shape index (κ2) is 7.68. The van der Waals surface area contributed by atoms with Crippen LogP contribution in [0, 0.1) is 6.92 Å². The van der Waals surface area contributed by atoms with Crippen molar-refractivity contribution in [2.75, 3.05) is 43.4 Å². The predicted octanol–water partition coefficient (Wildman–Crippen LogP) is 3.97. The van der Waals surface area contributed by atoms with Crippen molar-refractivity contribution in [3.05, 3.63) is 59.8 Å². The molecule has 1 amide bonds. The van der Waals surface area contributed by atoms with Crippen LogP contribution < -0.4 is 10.2 Å². The maximum atomic E-state index is 12.7. The zero-order chi connectivity index (χ0) is 19.7. The van der Waals surface area contributed by atoms with Gasteiger partial charge in [-0.3, -0.25) is 4.79 Å². The van der Waals surface area contributed by atoms with E-state index in [9.17, 15) is 4.79 Å². The number of hydrogen-bond acceptors (Lipinski definition) is 3. The van der Waals surface area contributed by atoms with Crippen molar-refractivity contribution in [1.29, 1.82) is 0 Å². The molecule has 1 N–H and O–H groups in total. The van der Waals surface area contributed by atoms with Crippen molar-refractivity contribution in [3.63, 3.8) is 0 Å². The van der Waals surface area contributed by atoms with Crippen molar-refractivity contribution < 1.29 is 4.79 Å². The monoisotopic (exact) mass is 376 g/mol. The number of hydrogen-bond donors (Lipinski definition) is 1. The van der Waals surface area contributed by atoms with E-state index in [0.717, 1.165) is 43.8 Å². The fraction of sp³-hybridized carbons (Fsp3) is 0.348. The van der Waals surface area contributed by atoms with Gasteiger partial charge in [0.1, 0.15) is 0 Å². The lowest BCUT2D eigenvalue weighted by atomic mass is 10.1. The summed E-state index contributed by atoms with van der Waals surface area (Å²) in [6.07, 6.45) is 0. The van der Waals surface area contributed by atoms with Gasteiger partial charge in [-0.05, 0) is 69.4 Å². The van der Waals surface area contributed by atoms with Crippen LogP contribution in [0.15, 0.2) is 48.5 Å². The third-order valence-electron chi connectivity index (χ3n) is 5.68. The standard InChI is InChI=1S/C23H28N4O/c1-4-27-17(2)15-19-16-20(7-10-22(19)27)24-23(28)18-5-8-21(9-6-18)26-13-11-25(3)12-14-26/h5-10,15-16H,4,11-14H2,1-3H3,(H,24,28). The lowest BCUT2D eigenvalue weighted by Crippen LogP contribution is -2.44. The number of amides is 1. The van der Waals surface area contributed by atoms with Gasteiger partial charge in [0.25, 0.3) is 5.91 Å². The Balaban J connectivity index is 1.47. The molecule has 1 fully saturated rings. The number of anilines is 2. The van der Waals surface area contributed by atoms with Gasteiger partial charge in [-0.15, -0.1) is 0 Å². The lowest BCUT2D eigenvalue weighted by Gasteiger charge is -2.34. The molecule has 0 unspecified atom stereocenters. The molecule has 2 aromatic carbocycles. The van der Waals surface area contributed by atoms with Gasteiger partial charge in [0.2, 0.25) is 0 Å². The number of aromatic nitrogens is 1. The van der Waals surface area contributed by atoms with Crippen molar-refractivity contribution >= 4 is 28.2 Å². The van der Waals surface area contributed by atoms with Crippen LogP contribution in [0.3, 0.4) is 0 Å². The number of fused-ring (bicyclic) bond motifs is 1. The number of nitrogens with one attached hydrogen (secondary N) is 1. The Morgan fingerprint density at radius 3 is 2.39 bits per heavy atom. The molecule has 146 valence electrons. The van der Waals surface area contributed by atoms with Gasteiger partial charge in [-0.25, -0.2) is 0 Å². The molecule has 28 heavy (non-hydrogen) atoms. The molecule has 1 aliphatic rings. The number of rotatable bonds is 4. The van der Waals surface area contributed by atoms with Crippen LogP contribution in [0.4, 0.5) is 11.4 Å². The first-order chi connectivity index (χ1) is 13.5. The van der Waals surface area contributed by atoms with Gasteiger partial charge >= 0.3 is 0 Å². The largest absolute Gasteiger partial charge is 0.369 e. The van der Waals surface area contributed by atoms with E-state index in [1.807, 2.05) is 36.4 Å². The Morgan fingerprint density at radius 1 is 1.00 bits per heavy atom. The lowest BCUT2D eigenvalue weighted by molar-refractivity contribution is 0.102. The minimum Gasteiger partial charge on any atom is -0.369 e. The van der Waals surface area contributed by atoms with Gasteiger partial charge in [0.05, 0.1) is 0 Å². The van der Waals surface area contributed by atoms with Crippen molar-refractivity contribution in [2.24, 2.45) is 0 Å². The van der Waals surface area contributed by atoms with Crippen molar-refractivity contribution in [3.8, 4) is 0 Å². The van der Waals surface area contributed by atoms with E-state index in [1.54, 1.807) is 0 Å². The first-order valence-electron chi connectivity index (χ1n) is 10.00. The molecule has 5 heteroatoms. The van der Waals surface area contributed by atoms with Crippen molar-refractivity contribution in [2.45, 2.75) is 20.4 Å². The third kappa shape index (κ3) is 3.62. The first-order valence-corrected chi connectivity index (χ1v) is 10.00.